The number of carbonyl (C=O) groups excluding carboxylic acids is 1. The molecule has 1 unspecified atom stereocenters. The molecule has 0 aliphatic heterocycles. The zero-order valence-corrected chi connectivity index (χ0v) is 8.12. The molecule has 0 rings (SSSR count). The van der Waals surface area contributed by atoms with Gasteiger partial charge in [0, 0.05) is 7.11 Å². The summed E-state index contributed by atoms with van der Waals surface area (Å²) in [6.07, 6.45) is 0.682. The Morgan fingerprint density at radius 2 is 2.31 bits per heavy atom. The first-order valence-corrected chi connectivity index (χ1v) is 4.31. The third-order valence-corrected chi connectivity index (χ3v) is 1.74. The number of aliphatic hydroxyl groups excluding tert-OH is 1. The van der Waals surface area contributed by atoms with Crippen molar-refractivity contribution in [3.8, 4) is 0 Å². The number of amides is 1. The Labute approximate surface area is 78.3 Å². The third-order valence-electron chi connectivity index (χ3n) is 1.74. The highest BCUT2D eigenvalue weighted by Crippen LogP contribution is 1.90. The van der Waals surface area contributed by atoms with Crippen molar-refractivity contribution in [1.82, 2.24) is 5.32 Å². The van der Waals surface area contributed by atoms with Crippen LogP contribution in [0.4, 0.5) is 0 Å². The second-order valence-electron chi connectivity index (χ2n) is 2.86. The van der Waals surface area contributed by atoms with E-state index in [0.29, 0.717) is 6.42 Å². The molecule has 1 amide bonds. The van der Waals surface area contributed by atoms with Gasteiger partial charge in [0.05, 0.1) is 19.3 Å². The SMILES string of the molecule is CC[C@H](CO)NC(=O)C(N)COC. The maximum atomic E-state index is 11.2. The van der Waals surface area contributed by atoms with Gasteiger partial charge in [-0.3, -0.25) is 4.79 Å². The molecule has 2 atom stereocenters. The van der Waals surface area contributed by atoms with E-state index in [0.717, 1.165) is 0 Å². The van der Waals surface area contributed by atoms with Crippen molar-refractivity contribution in [3.63, 3.8) is 0 Å². The van der Waals surface area contributed by atoms with Gasteiger partial charge >= 0.3 is 0 Å². The van der Waals surface area contributed by atoms with Gasteiger partial charge in [0.15, 0.2) is 0 Å². The van der Waals surface area contributed by atoms with Crippen LogP contribution in [-0.4, -0.2) is 43.4 Å². The van der Waals surface area contributed by atoms with E-state index in [1.54, 1.807) is 0 Å². The Bertz CT molecular complexity index is 148. The quantitative estimate of drug-likeness (QED) is 0.493. The summed E-state index contributed by atoms with van der Waals surface area (Å²) >= 11 is 0. The van der Waals surface area contributed by atoms with Crippen LogP contribution in [0, 0.1) is 0 Å². The minimum absolute atomic E-state index is 0.0675. The zero-order chi connectivity index (χ0) is 10.3. The number of hydrogen-bond donors (Lipinski definition) is 3. The maximum Gasteiger partial charge on any atom is 0.239 e. The molecule has 0 saturated carbocycles. The standard InChI is InChI=1S/C8H18N2O3/c1-3-6(4-11)10-8(12)7(9)5-13-2/h6-7,11H,3-5,9H2,1-2H3,(H,10,12)/t6-,7?/m1/s1. The van der Waals surface area contributed by atoms with Crippen LogP contribution in [0.3, 0.4) is 0 Å². The van der Waals surface area contributed by atoms with Crippen molar-refractivity contribution in [2.45, 2.75) is 25.4 Å². The molecule has 0 aromatic heterocycles. The van der Waals surface area contributed by atoms with E-state index in [1.165, 1.54) is 7.11 Å². The van der Waals surface area contributed by atoms with Crippen LogP contribution in [0.1, 0.15) is 13.3 Å². The van der Waals surface area contributed by atoms with Crippen molar-refractivity contribution in [2.24, 2.45) is 5.73 Å². The Morgan fingerprint density at radius 3 is 2.69 bits per heavy atom. The molecule has 78 valence electrons. The summed E-state index contributed by atoms with van der Waals surface area (Å²) < 4.78 is 4.73. The lowest BCUT2D eigenvalue weighted by Gasteiger charge is -2.17. The first-order valence-electron chi connectivity index (χ1n) is 4.31. The Hall–Kier alpha value is -0.650. The highest BCUT2D eigenvalue weighted by Gasteiger charge is 2.15. The van der Waals surface area contributed by atoms with Gasteiger partial charge in [0.1, 0.15) is 6.04 Å². The van der Waals surface area contributed by atoms with Gasteiger partial charge in [-0.25, -0.2) is 0 Å². The van der Waals surface area contributed by atoms with Crippen molar-refractivity contribution >= 4 is 5.91 Å². The third kappa shape index (κ3) is 4.82. The normalized spacial score (nSPS) is 15.1. The summed E-state index contributed by atoms with van der Waals surface area (Å²) in [6.45, 7) is 2.00. The van der Waals surface area contributed by atoms with Crippen LogP contribution < -0.4 is 11.1 Å². The summed E-state index contributed by atoms with van der Waals surface area (Å²) in [6, 6.07) is -0.874. The van der Waals surface area contributed by atoms with Gasteiger partial charge in [-0.1, -0.05) is 6.92 Å². The fourth-order valence-electron chi connectivity index (χ4n) is 0.840. The fourth-order valence-corrected chi connectivity index (χ4v) is 0.840. The van der Waals surface area contributed by atoms with Gasteiger partial charge in [0.25, 0.3) is 0 Å². The monoisotopic (exact) mass is 190 g/mol. The number of ether oxygens (including phenoxy) is 1. The summed E-state index contributed by atoms with van der Waals surface area (Å²) in [5, 5.41) is 11.4. The minimum Gasteiger partial charge on any atom is -0.394 e. The number of aliphatic hydroxyl groups is 1. The second-order valence-corrected chi connectivity index (χ2v) is 2.86. The van der Waals surface area contributed by atoms with E-state index in [4.69, 9.17) is 15.6 Å². The van der Waals surface area contributed by atoms with Crippen LogP contribution in [0.2, 0.25) is 0 Å². The van der Waals surface area contributed by atoms with E-state index < -0.39 is 6.04 Å². The molecule has 4 N–H and O–H groups in total. The van der Waals surface area contributed by atoms with Crippen LogP contribution >= 0.6 is 0 Å². The highest BCUT2D eigenvalue weighted by atomic mass is 16.5. The predicted molar refractivity (Wildman–Crippen MR) is 49.2 cm³/mol. The van der Waals surface area contributed by atoms with Crippen molar-refractivity contribution in [2.75, 3.05) is 20.3 Å². The average Bonchev–Trinajstić information content (AvgIpc) is 2.14. The molecule has 0 aliphatic rings. The van der Waals surface area contributed by atoms with Crippen LogP contribution in [0.5, 0.6) is 0 Å². The molecule has 0 bridgehead atoms. The van der Waals surface area contributed by atoms with Gasteiger partial charge in [-0.05, 0) is 6.42 Å². The number of methoxy groups -OCH3 is 1. The Balaban J connectivity index is 3.83. The van der Waals surface area contributed by atoms with E-state index >= 15 is 0 Å². The van der Waals surface area contributed by atoms with Crippen LogP contribution in [-0.2, 0) is 9.53 Å². The molecule has 0 heterocycles. The lowest BCUT2D eigenvalue weighted by molar-refractivity contribution is -0.124. The van der Waals surface area contributed by atoms with Crippen LogP contribution in [0.15, 0.2) is 0 Å². The fraction of sp³-hybridized carbons (Fsp3) is 0.875. The molecule has 0 aliphatic carbocycles. The summed E-state index contributed by atoms with van der Waals surface area (Å²) in [5.41, 5.74) is 5.47. The number of nitrogens with two attached hydrogens (primary N) is 1. The number of carbonyl (C=O) groups is 1. The number of rotatable bonds is 6. The van der Waals surface area contributed by atoms with E-state index in [1.807, 2.05) is 6.92 Å². The lowest BCUT2D eigenvalue weighted by atomic mass is 10.2. The molecule has 13 heavy (non-hydrogen) atoms. The first kappa shape index (κ1) is 12.3. The van der Waals surface area contributed by atoms with Crippen molar-refractivity contribution in [3.05, 3.63) is 0 Å². The number of nitrogens with one attached hydrogen (secondary N) is 1. The van der Waals surface area contributed by atoms with Gasteiger partial charge in [0.2, 0.25) is 5.91 Å². The summed E-state index contributed by atoms with van der Waals surface area (Å²) in [5.74, 6) is -0.289. The summed E-state index contributed by atoms with van der Waals surface area (Å²) in [4.78, 5) is 11.2. The number of hydrogen-bond acceptors (Lipinski definition) is 4. The average molecular weight is 190 g/mol. The molecule has 0 spiro atoms. The van der Waals surface area contributed by atoms with Crippen LogP contribution in [0.25, 0.3) is 0 Å². The topological polar surface area (TPSA) is 84.6 Å². The molecule has 0 radical (unpaired) electrons. The lowest BCUT2D eigenvalue weighted by Crippen LogP contribution is -2.48. The van der Waals surface area contributed by atoms with Gasteiger partial charge in [-0.2, -0.15) is 0 Å². The highest BCUT2D eigenvalue weighted by molar-refractivity contribution is 5.81. The van der Waals surface area contributed by atoms with Crippen molar-refractivity contribution < 1.29 is 14.6 Å². The molecule has 0 fully saturated rings. The predicted octanol–water partition coefficient (Wildman–Crippen LogP) is -1.15. The Kier molecular flexibility index (Phi) is 6.48. The smallest absolute Gasteiger partial charge is 0.239 e. The Morgan fingerprint density at radius 1 is 1.69 bits per heavy atom. The molecule has 0 aromatic rings. The molecule has 0 saturated heterocycles. The van der Waals surface area contributed by atoms with E-state index in [9.17, 15) is 4.79 Å². The van der Waals surface area contributed by atoms with E-state index in [2.05, 4.69) is 5.32 Å². The molecular weight excluding hydrogens is 172 g/mol. The largest absolute Gasteiger partial charge is 0.394 e. The molecule has 5 nitrogen and oxygen atoms in total. The molecular formula is C8H18N2O3. The van der Waals surface area contributed by atoms with Crippen molar-refractivity contribution in [1.29, 1.82) is 0 Å². The molecule has 0 aromatic carbocycles. The molecule has 5 heteroatoms. The van der Waals surface area contributed by atoms with E-state index in [-0.39, 0.29) is 25.2 Å². The zero-order valence-electron chi connectivity index (χ0n) is 8.12. The maximum absolute atomic E-state index is 11.2. The minimum atomic E-state index is -0.661. The van der Waals surface area contributed by atoms with Gasteiger partial charge < -0.3 is 20.9 Å². The first-order chi connectivity index (χ1) is 6.15. The summed E-state index contributed by atoms with van der Waals surface area (Å²) in [7, 11) is 1.48. The second kappa shape index (κ2) is 6.82. The van der Waals surface area contributed by atoms with Gasteiger partial charge in [-0.15, -0.1) is 0 Å².